The van der Waals surface area contributed by atoms with E-state index in [2.05, 4.69) is 20.3 Å². The second kappa shape index (κ2) is 6.49. The molecule has 24 heavy (non-hydrogen) atoms. The molecular weight excluding hydrogens is 322 g/mol. The number of nitrogens with one attached hydrogen (secondary N) is 2. The van der Waals surface area contributed by atoms with Gasteiger partial charge in [0, 0.05) is 6.20 Å². The third kappa shape index (κ3) is 2.69. The summed E-state index contributed by atoms with van der Waals surface area (Å²) in [6, 6.07) is 0. The van der Waals surface area contributed by atoms with E-state index in [1.807, 2.05) is 0 Å². The van der Waals surface area contributed by atoms with E-state index < -0.39 is 36.7 Å². The molecule has 11 heteroatoms. The normalized spacial score (nSPS) is 27.1. The van der Waals surface area contributed by atoms with E-state index in [1.165, 1.54) is 23.2 Å². The molecule has 4 atom stereocenters. The number of rotatable bonds is 5. The Morgan fingerprint density at radius 3 is 2.88 bits per heavy atom. The van der Waals surface area contributed by atoms with Gasteiger partial charge in [-0.1, -0.05) is 0 Å². The summed E-state index contributed by atoms with van der Waals surface area (Å²) < 4.78 is 6.70. The van der Waals surface area contributed by atoms with Crippen molar-refractivity contribution < 1.29 is 24.9 Å². The summed E-state index contributed by atoms with van der Waals surface area (Å²) in [5.74, 6) is 0.0547. The first-order chi connectivity index (χ1) is 11.6. The van der Waals surface area contributed by atoms with Crippen molar-refractivity contribution in [2.75, 3.05) is 11.9 Å². The number of ether oxygens (including phenoxy) is 1. The SMILES string of the molecule is O=CC=CNc1nc2c(ncn2[C@@H]2O[C@H](CO)[C@@H](O)[C@H]2O)c(=O)[nH]1. The highest BCUT2D eigenvalue weighted by molar-refractivity contribution is 5.71. The zero-order valence-electron chi connectivity index (χ0n) is 12.2. The number of nitrogens with zero attached hydrogens (tertiary/aromatic N) is 3. The zero-order chi connectivity index (χ0) is 17.3. The summed E-state index contributed by atoms with van der Waals surface area (Å²) in [4.78, 5) is 32.8. The van der Waals surface area contributed by atoms with Gasteiger partial charge in [-0.2, -0.15) is 4.98 Å². The fourth-order valence-corrected chi connectivity index (χ4v) is 2.46. The molecule has 1 saturated heterocycles. The predicted octanol–water partition coefficient (Wildman–Crippen LogP) is -2.14. The van der Waals surface area contributed by atoms with Crippen molar-refractivity contribution in [3.8, 4) is 0 Å². The van der Waals surface area contributed by atoms with Crippen LogP contribution in [-0.2, 0) is 9.53 Å². The Balaban J connectivity index is 2.01. The van der Waals surface area contributed by atoms with Crippen molar-refractivity contribution in [2.45, 2.75) is 24.5 Å². The molecule has 0 bridgehead atoms. The number of carbonyl (C=O) groups excluding carboxylic acids is 1. The molecule has 3 heterocycles. The second-order valence-electron chi connectivity index (χ2n) is 5.11. The van der Waals surface area contributed by atoms with Crippen LogP contribution in [0.5, 0.6) is 0 Å². The Morgan fingerprint density at radius 2 is 2.21 bits per heavy atom. The van der Waals surface area contributed by atoms with E-state index >= 15 is 0 Å². The van der Waals surface area contributed by atoms with Gasteiger partial charge in [0.2, 0.25) is 5.95 Å². The van der Waals surface area contributed by atoms with Crippen molar-refractivity contribution in [3.63, 3.8) is 0 Å². The fraction of sp³-hybridized carbons (Fsp3) is 0.385. The Labute approximate surface area is 134 Å². The van der Waals surface area contributed by atoms with Crippen LogP contribution >= 0.6 is 0 Å². The van der Waals surface area contributed by atoms with Crippen LogP contribution in [-0.4, -0.2) is 66.0 Å². The average molecular weight is 337 g/mol. The van der Waals surface area contributed by atoms with E-state index in [4.69, 9.17) is 9.84 Å². The Hall–Kier alpha value is -2.60. The Kier molecular flexibility index (Phi) is 4.40. The smallest absolute Gasteiger partial charge is 0.280 e. The lowest BCUT2D eigenvalue weighted by molar-refractivity contribution is -0.104. The lowest BCUT2D eigenvalue weighted by atomic mass is 10.1. The van der Waals surface area contributed by atoms with Gasteiger partial charge in [-0.25, -0.2) is 4.98 Å². The van der Waals surface area contributed by atoms with Crippen LogP contribution in [0.1, 0.15) is 6.23 Å². The van der Waals surface area contributed by atoms with E-state index in [9.17, 15) is 19.8 Å². The molecule has 0 spiro atoms. The van der Waals surface area contributed by atoms with E-state index in [0.717, 1.165) is 0 Å². The number of hydrogen-bond donors (Lipinski definition) is 5. The molecule has 2 aromatic rings. The molecule has 0 radical (unpaired) electrons. The number of anilines is 1. The van der Waals surface area contributed by atoms with Crippen molar-refractivity contribution in [2.24, 2.45) is 0 Å². The van der Waals surface area contributed by atoms with Crippen LogP contribution in [0, 0.1) is 0 Å². The number of hydrogen-bond acceptors (Lipinski definition) is 9. The van der Waals surface area contributed by atoms with Gasteiger partial charge in [0.05, 0.1) is 12.9 Å². The molecule has 0 saturated carbocycles. The first kappa shape index (κ1) is 16.3. The van der Waals surface area contributed by atoms with Gasteiger partial charge in [0.25, 0.3) is 5.56 Å². The summed E-state index contributed by atoms with van der Waals surface area (Å²) in [6.07, 6.45) is -0.379. The second-order valence-corrected chi connectivity index (χ2v) is 5.11. The molecule has 1 aliphatic heterocycles. The molecule has 1 fully saturated rings. The van der Waals surface area contributed by atoms with Crippen LogP contribution in [0.2, 0.25) is 0 Å². The van der Waals surface area contributed by atoms with Gasteiger partial charge in [-0.3, -0.25) is 19.1 Å². The maximum atomic E-state index is 12.0. The van der Waals surface area contributed by atoms with Gasteiger partial charge < -0.3 is 25.4 Å². The lowest BCUT2D eigenvalue weighted by Gasteiger charge is -2.16. The summed E-state index contributed by atoms with van der Waals surface area (Å²) in [5.41, 5.74) is -0.416. The molecule has 1 aliphatic rings. The van der Waals surface area contributed by atoms with Crippen molar-refractivity contribution in [1.29, 1.82) is 0 Å². The fourth-order valence-electron chi connectivity index (χ4n) is 2.46. The number of aliphatic hydroxyl groups excluding tert-OH is 3. The topological polar surface area (TPSA) is 163 Å². The number of allylic oxidation sites excluding steroid dienone is 1. The van der Waals surface area contributed by atoms with Gasteiger partial charge >= 0.3 is 0 Å². The van der Waals surface area contributed by atoms with E-state index in [0.29, 0.717) is 6.29 Å². The minimum absolute atomic E-state index is 0.0117. The molecule has 0 aliphatic carbocycles. The lowest BCUT2D eigenvalue weighted by Crippen LogP contribution is -2.33. The highest BCUT2D eigenvalue weighted by Gasteiger charge is 2.44. The minimum atomic E-state index is -1.33. The summed E-state index contributed by atoms with van der Waals surface area (Å²) in [5, 5.41) is 31.7. The molecule has 2 aromatic heterocycles. The van der Waals surface area contributed by atoms with Crippen LogP contribution in [0.15, 0.2) is 23.4 Å². The number of aromatic nitrogens is 4. The van der Waals surface area contributed by atoms with E-state index in [-0.39, 0.29) is 17.1 Å². The van der Waals surface area contributed by atoms with Crippen molar-refractivity contribution >= 4 is 23.4 Å². The number of carbonyl (C=O) groups is 1. The number of aliphatic hydroxyl groups is 3. The number of aromatic amines is 1. The first-order valence-electron chi connectivity index (χ1n) is 7.03. The van der Waals surface area contributed by atoms with Gasteiger partial charge in [0.15, 0.2) is 17.4 Å². The summed E-state index contributed by atoms with van der Waals surface area (Å²) in [6.45, 7) is -0.474. The van der Waals surface area contributed by atoms with Crippen LogP contribution in [0.4, 0.5) is 5.95 Å². The number of aldehydes is 1. The van der Waals surface area contributed by atoms with Crippen LogP contribution in [0.3, 0.4) is 0 Å². The van der Waals surface area contributed by atoms with E-state index in [1.54, 1.807) is 0 Å². The standard InChI is InChI=1S/C13H15N5O6/c19-3-1-2-14-13-16-10-7(11(23)17-13)15-5-18(10)12-9(22)8(21)6(4-20)24-12/h1-3,5-6,8-9,12,20-22H,4H2,(H2,14,16,17,23)/t6-,8-,9-,12-/m1/s1. The van der Waals surface area contributed by atoms with Gasteiger partial charge in [-0.15, -0.1) is 0 Å². The molecule has 0 aromatic carbocycles. The maximum absolute atomic E-state index is 12.0. The minimum Gasteiger partial charge on any atom is -0.394 e. The molecule has 0 unspecified atom stereocenters. The average Bonchev–Trinajstić information content (AvgIpc) is 3.10. The van der Waals surface area contributed by atoms with Crippen LogP contribution in [0.25, 0.3) is 11.2 Å². The number of imidazole rings is 1. The molecule has 5 N–H and O–H groups in total. The van der Waals surface area contributed by atoms with Gasteiger partial charge in [0.1, 0.15) is 24.6 Å². The Morgan fingerprint density at radius 1 is 1.42 bits per heavy atom. The molecule has 3 rings (SSSR count). The third-order valence-electron chi connectivity index (χ3n) is 3.62. The highest BCUT2D eigenvalue weighted by atomic mass is 16.6. The van der Waals surface area contributed by atoms with Crippen molar-refractivity contribution in [1.82, 2.24) is 19.5 Å². The summed E-state index contributed by atoms with van der Waals surface area (Å²) in [7, 11) is 0. The Bertz CT molecular complexity index is 830. The zero-order valence-corrected chi connectivity index (χ0v) is 12.2. The summed E-state index contributed by atoms with van der Waals surface area (Å²) >= 11 is 0. The van der Waals surface area contributed by atoms with Crippen LogP contribution < -0.4 is 10.9 Å². The highest BCUT2D eigenvalue weighted by Crippen LogP contribution is 2.30. The molecule has 11 nitrogen and oxygen atoms in total. The quantitative estimate of drug-likeness (QED) is 0.302. The van der Waals surface area contributed by atoms with Gasteiger partial charge in [-0.05, 0) is 6.08 Å². The molecule has 0 amide bonds. The number of H-pyrrole nitrogens is 1. The first-order valence-corrected chi connectivity index (χ1v) is 7.03. The van der Waals surface area contributed by atoms with Crippen molar-refractivity contribution in [3.05, 3.63) is 29.0 Å². The largest absolute Gasteiger partial charge is 0.394 e. The third-order valence-corrected chi connectivity index (χ3v) is 3.62. The monoisotopic (exact) mass is 337 g/mol. The molecular formula is C13H15N5O6. The molecule has 128 valence electrons. The maximum Gasteiger partial charge on any atom is 0.280 e. The predicted molar refractivity (Wildman–Crippen MR) is 80.0 cm³/mol. The number of fused-ring (bicyclic) bond motifs is 1.